The Hall–Kier alpha value is -2.57. The topological polar surface area (TPSA) is 87.2 Å². The summed E-state index contributed by atoms with van der Waals surface area (Å²) in [4.78, 5) is 40.3. The van der Waals surface area contributed by atoms with Gasteiger partial charge in [-0.15, -0.1) is 0 Å². The molecule has 2 atom stereocenters. The predicted molar refractivity (Wildman–Crippen MR) is 98.1 cm³/mol. The van der Waals surface area contributed by atoms with Crippen LogP contribution >= 0.6 is 0 Å². The minimum Gasteiger partial charge on any atom is -0.480 e. The third-order valence-corrected chi connectivity index (χ3v) is 4.98. The van der Waals surface area contributed by atoms with Gasteiger partial charge in [-0.1, -0.05) is 24.3 Å². The molecule has 27 heavy (non-hydrogen) atoms. The summed E-state index contributed by atoms with van der Waals surface area (Å²) in [7, 11) is 0. The molecular formula is C20H26N2O5. The van der Waals surface area contributed by atoms with E-state index in [0.29, 0.717) is 19.4 Å². The number of aliphatic carboxylic acids is 1. The first-order valence-corrected chi connectivity index (χ1v) is 9.27. The van der Waals surface area contributed by atoms with Crippen LogP contribution in [0.25, 0.3) is 0 Å². The molecule has 0 bridgehead atoms. The number of amides is 2. The van der Waals surface area contributed by atoms with Gasteiger partial charge in [-0.05, 0) is 44.7 Å². The second-order valence-electron chi connectivity index (χ2n) is 8.12. The van der Waals surface area contributed by atoms with E-state index in [9.17, 15) is 19.5 Å². The fraction of sp³-hybridized carbons (Fsp3) is 0.550. The van der Waals surface area contributed by atoms with Crippen molar-refractivity contribution in [1.82, 2.24) is 9.80 Å². The summed E-state index contributed by atoms with van der Waals surface area (Å²) in [6.07, 6.45) is 0.958. The van der Waals surface area contributed by atoms with Crippen LogP contribution in [-0.4, -0.2) is 57.1 Å². The van der Waals surface area contributed by atoms with E-state index < -0.39 is 29.7 Å². The van der Waals surface area contributed by atoms with Crippen molar-refractivity contribution in [2.45, 2.75) is 64.3 Å². The smallest absolute Gasteiger partial charge is 0.410 e. The fourth-order valence-electron chi connectivity index (χ4n) is 3.73. The predicted octanol–water partition coefficient (Wildman–Crippen LogP) is 2.42. The van der Waals surface area contributed by atoms with Gasteiger partial charge in [0.05, 0.1) is 0 Å². The molecule has 2 aliphatic heterocycles. The maximum absolute atomic E-state index is 13.2. The largest absolute Gasteiger partial charge is 0.480 e. The fourth-order valence-corrected chi connectivity index (χ4v) is 3.73. The van der Waals surface area contributed by atoms with Crippen LogP contribution in [0.4, 0.5) is 4.79 Å². The maximum atomic E-state index is 13.2. The maximum Gasteiger partial charge on any atom is 0.410 e. The second-order valence-corrected chi connectivity index (χ2v) is 8.12. The van der Waals surface area contributed by atoms with Crippen LogP contribution in [0.15, 0.2) is 24.3 Å². The van der Waals surface area contributed by atoms with Crippen molar-refractivity contribution in [2.24, 2.45) is 0 Å². The van der Waals surface area contributed by atoms with Gasteiger partial charge in [-0.3, -0.25) is 9.69 Å². The quantitative estimate of drug-likeness (QED) is 0.859. The van der Waals surface area contributed by atoms with E-state index in [-0.39, 0.29) is 18.9 Å². The number of nitrogens with zero attached hydrogens (tertiary/aromatic N) is 2. The van der Waals surface area contributed by atoms with Crippen molar-refractivity contribution in [3.05, 3.63) is 35.4 Å². The molecule has 1 fully saturated rings. The van der Waals surface area contributed by atoms with Gasteiger partial charge in [0, 0.05) is 19.5 Å². The summed E-state index contributed by atoms with van der Waals surface area (Å²) in [6.45, 7) is 6.01. The molecule has 0 radical (unpaired) electrons. The highest BCUT2D eigenvalue weighted by Crippen LogP contribution is 2.28. The number of fused-ring (bicyclic) bond motifs is 1. The summed E-state index contributed by atoms with van der Waals surface area (Å²) in [5.41, 5.74) is 1.25. The third kappa shape index (κ3) is 4.07. The van der Waals surface area contributed by atoms with Crippen LogP contribution in [0.2, 0.25) is 0 Å². The van der Waals surface area contributed by atoms with Crippen molar-refractivity contribution in [3.63, 3.8) is 0 Å². The van der Waals surface area contributed by atoms with Crippen LogP contribution in [0, 0.1) is 0 Å². The number of carbonyl (C=O) groups excluding carboxylic acids is 2. The van der Waals surface area contributed by atoms with Crippen molar-refractivity contribution >= 4 is 18.0 Å². The zero-order valence-corrected chi connectivity index (χ0v) is 16.0. The first-order valence-electron chi connectivity index (χ1n) is 9.27. The van der Waals surface area contributed by atoms with Gasteiger partial charge < -0.3 is 14.7 Å². The molecule has 0 unspecified atom stereocenters. The van der Waals surface area contributed by atoms with Crippen molar-refractivity contribution in [1.29, 1.82) is 0 Å². The number of rotatable bonds is 2. The summed E-state index contributed by atoms with van der Waals surface area (Å²) in [5, 5.41) is 9.65. The van der Waals surface area contributed by atoms with Gasteiger partial charge in [-0.2, -0.15) is 0 Å². The van der Waals surface area contributed by atoms with Crippen molar-refractivity contribution in [3.8, 4) is 0 Å². The van der Waals surface area contributed by atoms with Crippen molar-refractivity contribution in [2.75, 3.05) is 6.54 Å². The summed E-state index contributed by atoms with van der Waals surface area (Å²) < 4.78 is 5.42. The Morgan fingerprint density at radius 3 is 2.37 bits per heavy atom. The highest BCUT2D eigenvalue weighted by Gasteiger charge is 2.43. The van der Waals surface area contributed by atoms with E-state index in [2.05, 4.69) is 0 Å². The minimum absolute atomic E-state index is 0.241. The van der Waals surface area contributed by atoms with Crippen LogP contribution in [0.1, 0.15) is 44.7 Å². The van der Waals surface area contributed by atoms with E-state index >= 15 is 0 Å². The molecule has 2 amide bonds. The average Bonchev–Trinajstić information content (AvgIpc) is 3.08. The molecule has 2 heterocycles. The molecule has 1 aromatic carbocycles. The average molecular weight is 374 g/mol. The van der Waals surface area contributed by atoms with E-state index in [1.807, 2.05) is 24.3 Å². The lowest BCUT2D eigenvalue weighted by atomic mass is 9.93. The highest BCUT2D eigenvalue weighted by atomic mass is 16.6. The monoisotopic (exact) mass is 374 g/mol. The lowest BCUT2D eigenvalue weighted by Gasteiger charge is -2.37. The summed E-state index contributed by atoms with van der Waals surface area (Å²) >= 11 is 0. The normalized spacial score (nSPS) is 22.3. The molecule has 0 aliphatic carbocycles. The molecular weight excluding hydrogens is 348 g/mol. The van der Waals surface area contributed by atoms with E-state index in [1.165, 1.54) is 9.80 Å². The molecule has 1 N–H and O–H groups in total. The standard InChI is InChI=1S/C20H26N2O5/c1-20(2,3)27-19(26)21-10-6-9-15(21)17(23)22-12-14-8-5-4-7-13(14)11-16(22)18(24)25/h4-5,7-8,15-16H,6,9-12H2,1-3H3,(H,24,25)/t15-,16-/m0/s1. The molecule has 2 aliphatic rings. The number of likely N-dealkylation sites (tertiary alicyclic amines) is 1. The molecule has 1 aromatic rings. The molecule has 1 saturated heterocycles. The van der Waals surface area contributed by atoms with Gasteiger partial charge in [0.15, 0.2) is 0 Å². The first-order chi connectivity index (χ1) is 12.7. The summed E-state index contributed by atoms with van der Waals surface area (Å²) in [6, 6.07) is 5.96. The minimum atomic E-state index is -1.03. The Balaban J connectivity index is 1.82. The Morgan fingerprint density at radius 1 is 1.07 bits per heavy atom. The molecule has 3 rings (SSSR count). The number of hydrogen-bond acceptors (Lipinski definition) is 4. The molecule has 0 saturated carbocycles. The number of ether oxygens (including phenoxy) is 1. The second kappa shape index (κ2) is 7.21. The molecule has 0 spiro atoms. The number of carboxylic acid groups (broad SMARTS) is 1. The van der Waals surface area contributed by atoms with Gasteiger partial charge in [-0.25, -0.2) is 9.59 Å². The summed E-state index contributed by atoms with van der Waals surface area (Å²) in [5.74, 6) is -1.35. The SMILES string of the molecule is CC(C)(C)OC(=O)N1CCC[C@H]1C(=O)N1Cc2ccccc2C[C@H]1C(=O)O. The Kier molecular flexibility index (Phi) is 5.13. The highest BCUT2D eigenvalue weighted by molar-refractivity contribution is 5.90. The Labute approximate surface area is 158 Å². The van der Waals surface area contributed by atoms with E-state index in [0.717, 1.165) is 11.1 Å². The van der Waals surface area contributed by atoms with Gasteiger partial charge >= 0.3 is 12.1 Å². The third-order valence-electron chi connectivity index (χ3n) is 4.98. The number of carboxylic acids is 1. The molecule has 7 nitrogen and oxygen atoms in total. The van der Waals surface area contributed by atoms with Crippen LogP contribution in [0.5, 0.6) is 0 Å². The van der Waals surface area contributed by atoms with Gasteiger partial charge in [0.25, 0.3) is 0 Å². The number of carbonyl (C=O) groups is 3. The van der Waals surface area contributed by atoms with Crippen molar-refractivity contribution < 1.29 is 24.2 Å². The number of benzene rings is 1. The first kappa shape index (κ1) is 19.2. The van der Waals surface area contributed by atoms with Gasteiger partial charge in [0.1, 0.15) is 17.7 Å². The van der Waals surface area contributed by atoms with Crippen LogP contribution in [-0.2, 0) is 27.3 Å². The van der Waals surface area contributed by atoms with Crippen LogP contribution < -0.4 is 0 Å². The van der Waals surface area contributed by atoms with E-state index in [4.69, 9.17) is 4.74 Å². The lowest BCUT2D eigenvalue weighted by molar-refractivity contribution is -0.153. The Morgan fingerprint density at radius 2 is 1.74 bits per heavy atom. The Bertz CT molecular complexity index is 755. The zero-order valence-electron chi connectivity index (χ0n) is 16.0. The number of hydrogen-bond donors (Lipinski definition) is 1. The van der Waals surface area contributed by atoms with Crippen LogP contribution in [0.3, 0.4) is 0 Å². The van der Waals surface area contributed by atoms with E-state index in [1.54, 1.807) is 20.8 Å². The van der Waals surface area contributed by atoms with Gasteiger partial charge in [0.2, 0.25) is 5.91 Å². The molecule has 0 aromatic heterocycles. The molecule has 7 heteroatoms. The lowest BCUT2D eigenvalue weighted by Crippen LogP contribution is -2.55. The zero-order chi connectivity index (χ0) is 19.8. The molecule has 146 valence electrons.